The molecule has 1 unspecified atom stereocenters. The molecule has 0 aliphatic heterocycles. The van der Waals surface area contributed by atoms with Gasteiger partial charge in [-0.05, 0) is 65.7 Å². The van der Waals surface area contributed by atoms with Crippen LogP contribution < -0.4 is 0 Å². The molecule has 1 rings (SSSR count). The number of carbonyl (C=O) groups is 1. The van der Waals surface area contributed by atoms with E-state index in [-0.39, 0.29) is 5.52 Å². The zero-order valence-electron chi connectivity index (χ0n) is 18.1. The highest BCUT2D eigenvalue weighted by molar-refractivity contribution is 14.1. The zero-order chi connectivity index (χ0) is 20.8. The Bertz CT molecular complexity index is 560. The van der Waals surface area contributed by atoms with Crippen LogP contribution in [-0.2, 0) is 11.2 Å². The molecule has 160 valence electrons. The summed E-state index contributed by atoms with van der Waals surface area (Å²) in [4.78, 5) is 21.9. The Morgan fingerprint density at radius 2 is 1.46 bits per heavy atom. The molecule has 0 saturated carbocycles. The average Bonchev–Trinajstić information content (AvgIpc) is 2.61. The summed E-state index contributed by atoms with van der Waals surface area (Å²) < 4.78 is 1.94. The van der Waals surface area contributed by atoms with Gasteiger partial charge < -0.3 is 9.38 Å². The van der Waals surface area contributed by atoms with Gasteiger partial charge in [0, 0.05) is 3.57 Å². The molecule has 1 aromatic rings. The van der Waals surface area contributed by atoms with E-state index in [1.807, 2.05) is 21.1 Å². The lowest BCUT2D eigenvalue weighted by atomic mass is 10.0. The Balaban J connectivity index is 1.88. The molecule has 0 heterocycles. The number of hydrogen-bond acceptors (Lipinski definition) is 2. The third-order valence-electron chi connectivity index (χ3n) is 4.87. The van der Waals surface area contributed by atoms with E-state index in [4.69, 9.17) is 0 Å². The highest BCUT2D eigenvalue weighted by Gasteiger charge is 2.21. The van der Waals surface area contributed by atoms with E-state index in [0.717, 1.165) is 12.8 Å². The molecular formula is C23H40INO2P+. The number of rotatable bonds is 16. The Kier molecular flexibility index (Phi) is 13.8. The van der Waals surface area contributed by atoms with Crippen LogP contribution in [0.3, 0.4) is 0 Å². The van der Waals surface area contributed by atoms with Crippen molar-refractivity contribution in [3.05, 3.63) is 33.4 Å². The van der Waals surface area contributed by atoms with Crippen molar-refractivity contribution in [1.29, 1.82) is 0 Å². The third-order valence-corrected chi connectivity index (χ3v) is 7.00. The van der Waals surface area contributed by atoms with Crippen LogP contribution in [0.25, 0.3) is 0 Å². The van der Waals surface area contributed by atoms with Crippen molar-refractivity contribution in [3.8, 4) is 0 Å². The Hall–Kier alpha value is -0.0300. The number of halogens is 1. The number of hydrogen-bond donors (Lipinski definition) is 1. The summed E-state index contributed by atoms with van der Waals surface area (Å²) in [7, 11) is 4.56. The number of unbranched alkanes of at least 4 members (excludes halogenated alkanes) is 9. The quantitative estimate of drug-likeness (QED) is 0.119. The van der Waals surface area contributed by atoms with Crippen LogP contribution in [0.5, 0.6) is 0 Å². The van der Waals surface area contributed by atoms with Gasteiger partial charge in [-0.15, -0.1) is 0 Å². The van der Waals surface area contributed by atoms with Gasteiger partial charge >= 0.3 is 0 Å². The van der Waals surface area contributed by atoms with Gasteiger partial charge in [-0.1, -0.05) is 63.5 Å². The van der Waals surface area contributed by atoms with Gasteiger partial charge in [0.1, 0.15) is 14.7 Å². The Labute approximate surface area is 187 Å². The highest BCUT2D eigenvalue weighted by Crippen LogP contribution is 2.33. The van der Waals surface area contributed by atoms with Crippen molar-refractivity contribution in [1.82, 2.24) is 0 Å². The average molecular weight is 520 g/mol. The molecule has 0 fully saturated rings. The van der Waals surface area contributed by atoms with Crippen molar-refractivity contribution in [3.63, 3.8) is 0 Å². The van der Waals surface area contributed by atoms with Gasteiger partial charge in [-0.3, -0.25) is 4.79 Å². The minimum atomic E-state index is -1.42. The fraction of sp³-hybridized carbons (Fsp3) is 0.696. The molecule has 0 radical (unpaired) electrons. The van der Waals surface area contributed by atoms with E-state index in [0.29, 0.717) is 17.2 Å². The maximum atomic E-state index is 11.9. The van der Waals surface area contributed by atoms with Crippen LogP contribution in [-0.4, -0.2) is 48.8 Å². The number of aryl methyl sites for hydroxylation is 1. The Morgan fingerprint density at radius 3 is 2.00 bits per heavy atom. The van der Waals surface area contributed by atoms with Crippen LogP contribution in [0, 0.1) is 3.57 Å². The second-order valence-electron chi connectivity index (χ2n) is 8.88. The van der Waals surface area contributed by atoms with Crippen LogP contribution in [0.2, 0.25) is 0 Å². The van der Waals surface area contributed by atoms with Crippen molar-refractivity contribution in [2.75, 3.05) is 33.8 Å². The molecule has 0 amide bonds. The van der Waals surface area contributed by atoms with Crippen molar-refractivity contribution < 1.29 is 14.2 Å². The van der Waals surface area contributed by atoms with Crippen LogP contribution in [0.15, 0.2) is 24.3 Å². The minimum absolute atomic E-state index is 0.0458. The molecule has 0 aliphatic rings. The van der Waals surface area contributed by atoms with E-state index in [2.05, 4.69) is 46.9 Å². The second kappa shape index (κ2) is 14.9. The third kappa shape index (κ3) is 14.0. The first-order valence-electron chi connectivity index (χ1n) is 10.8. The van der Waals surface area contributed by atoms with Crippen molar-refractivity contribution >= 4 is 36.3 Å². The fourth-order valence-corrected chi connectivity index (χ4v) is 5.28. The lowest BCUT2D eigenvalue weighted by molar-refractivity contribution is -0.861. The summed E-state index contributed by atoms with van der Waals surface area (Å²) in [6.07, 6.45) is 14.6. The molecule has 1 atom stereocenters. The summed E-state index contributed by atoms with van der Waals surface area (Å²) in [5.74, 6) is 0. The molecule has 1 N–H and O–H groups in total. The lowest BCUT2D eigenvalue weighted by Gasteiger charge is -2.23. The number of quaternary nitrogens is 1. The topological polar surface area (TPSA) is 37.3 Å². The maximum absolute atomic E-state index is 11.9. The first-order chi connectivity index (χ1) is 13.3. The Morgan fingerprint density at radius 1 is 0.929 bits per heavy atom. The summed E-state index contributed by atoms with van der Waals surface area (Å²) in [6, 6.07) is 8.84. The predicted molar refractivity (Wildman–Crippen MR) is 131 cm³/mol. The van der Waals surface area contributed by atoms with Gasteiger partial charge in [0.05, 0.1) is 21.1 Å². The molecule has 1 aromatic carbocycles. The minimum Gasteiger partial charge on any atom is -0.366 e. The van der Waals surface area contributed by atoms with Crippen LogP contribution >= 0.6 is 30.7 Å². The standard InChI is InChI=1S/C23H40INO2P/c1-25(2,3)20-23(26)28(27)18-13-11-9-7-5-4-6-8-10-12-15-21-16-14-17-22(24)19-21/h14,16-17,19,27H,4-13,15,18,20H2,1-3H3/q+1. The second-order valence-corrected chi connectivity index (χ2v) is 11.9. The number of benzene rings is 1. The normalized spacial score (nSPS) is 12.9. The van der Waals surface area contributed by atoms with E-state index in [9.17, 15) is 9.69 Å². The SMILES string of the molecule is C[N+](C)(C)CC(=O)P(O)CCCCCCCCCCCCc1cccc(I)c1. The van der Waals surface area contributed by atoms with Crippen molar-refractivity contribution in [2.24, 2.45) is 0 Å². The predicted octanol–water partition coefficient (Wildman–Crippen LogP) is 6.36. The number of carbonyl (C=O) groups excluding carboxylic acids is 1. The van der Waals surface area contributed by atoms with E-state index in [1.54, 1.807) is 0 Å². The number of nitrogens with zero attached hydrogens (tertiary/aromatic N) is 1. The van der Waals surface area contributed by atoms with Gasteiger partial charge in [0.2, 0.25) is 5.52 Å². The van der Waals surface area contributed by atoms with Crippen molar-refractivity contribution in [2.45, 2.75) is 70.6 Å². The van der Waals surface area contributed by atoms with Crippen LogP contribution in [0.4, 0.5) is 0 Å². The molecule has 0 aliphatic carbocycles. The molecule has 5 heteroatoms. The summed E-state index contributed by atoms with van der Waals surface area (Å²) in [5, 5.41) is 0. The zero-order valence-corrected chi connectivity index (χ0v) is 21.2. The first kappa shape index (κ1) is 26.0. The largest absolute Gasteiger partial charge is 0.366 e. The van der Waals surface area contributed by atoms with Gasteiger partial charge in [-0.25, -0.2) is 0 Å². The van der Waals surface area contributed by atoms with E-state index >= 15 is 0 Å². The maximum Gasteiger partial charge on any atom is 0.234 e. The highest BCUT2D eigenvalue weighted by atomic mass is 127. The molecular weight excluding hydrogens is 480 g/mol. The summed E-state index contributed by atoms with van der Waals surface area (Å²) >= 11 is 2.38. The first-order valence-corrected chi connectivity index (χ1v) is 13.4. The smallest absolute Gasteiger partial charge is 0.234 e. The van der Waals surface area contributed by atoms with Gasteiger partial charge in [0.15, 0.2) is 0 Å². The van der Waals surface area contributed by atoms with Gasteiger partial charge in [0.25, 0.3) is 0 Å². The molecule has 0 saturated heterocycles. The fourth-order valence-electron chi connectivity index (χ4n) is 3.31. The van der Waals surface area contributed by atoms with E-state index in [1.165, 1.54) is 66.9 Å². The van der Waals surface area contributed by atoms with E-state index < -0.39 is 8.15 Å². The molecule has 0 spiro atoms. The monoisotopic (exact) mass is 520 g/mol. The molecule has 0 aromatic heterocycles. The number of likely N-dealkylation sites (N-methyl/N-ethyl adjacent to an activating group) is 1. The molecule has 0 bridgehead atoms. The molecule has 3 nitrogen and oxygen atoms in total. The molecule has 28 heavy (non-hydrogen) atoms. The van der Waals surface area contributed by atoms with Crippen LogP contribution in [0.1, 0.15) is 69.8 Å². The summed E-state index contributed by atoms with van der Waals surface area (Å²) in [6.45, 7) is 0.437. The van der Waals surface area contributed by atoms with Gasteiger partial charge in [-0.2, -0.15) is 0 Å². The lowest BCUT2D eigenvalue weighted by Crippen LogP contribution is -2.39. The summed E-state index contributed by atoms with van der Waals surface area (Å²) in [5.41, 5.74) is 1.52.